The molecule has 0 aliphatic carbocycles. The highest BCUT2D eigenvalue weighted by molar-refractivity contribution is 5.64. The molecule has 0 saturated carbocycles. The van der Waals surface area contributed by atoms with Crippen molar-refractivity contribution >= 4 is 6.09 Å². The Morgan fingerprint density at radius 3 is 2.67 bits per heavy atom. The fourth-order valence-electron chi connectivity index (χ4n) is 0.924. The molecule has 0 bridgehead atoms. The third-order valence-electron chi connectivity index (χ3n) is 1.68. The van der Waals surface area contributed by atoms with Crippen LogP contribution in [0.25, 0.3) is 0 Å². The Morgan fingerprint density at radius 2 is 2.27 bits per heavy atom. The van der Waals surface area contributed by atoms with E-state index in [1.54, 1.807) is 6.92 Å². The summed E-state index contributed by atoms with van der Waals surface area (Å²) >= 11 is 0. The number of nitrogens with two attached hydrogens (primary N) is 1. The number of hydrogen-bond donors (Lipinski definition) is 1. The van der Waals surface area contributed by atoms with Crippen LogP contribution in [0.4, 0.5) is 4.79 Å². The summed E-state index contributed by atoms with van der Waals surface area (Å²) in [7, 11) is 0. The van der Waals surface area contributed by atoms with Crippen LogP contribution in [0.3, 0.4) is 0 Å². The lowest BCUT2D eigenvalue weighted by Crippen LogP contribution is -2.33. The quantitative estimate of drug-likeness (QED) is 0.673. The van der Waals surface area contributed by atoms with Crippen molar-refractivity contribution in [2.24, 2.45) is 5.73 Å². The Morgan fingerprint density at radius 1 is 1.67 bits per heavy atom. The van der Waals surface area contributed by atoms with Crippen molar-refractivity contribution in [1.29, 1.82) is 5.26 Å². The molecular weight excluding hydrogens is 196 g/mol. The zero-order valence-corrected chi connectivity index (χ0v) is 9.03. The van der Waals surface area contributed by atoms with Crippen LogP contribution >= 0.6 is 0 Å². The summed E-state index contributed by atoms with van der Waals surface area (Å²) < 4.78 is 10.1. The fraction of sp³-hybridized carbons (Fsp3) is 0.600. The minimum atomic E-state index is -0.902. The maximum absolute atomic E-state index is 10.5. The van der Waals surface area contributed by atoms with E-state index in [0.29, 0.717) is 6.61 Å². The van der Waals surface area contributed by atoms with Crippen LogP contribution in [0.1, 0.15) is 20.3 Å². The lowest BCUT2D eigenvalue weighted by Gasteiger charge is -2.21. The third-order valence-corrected chi connectivity index (χ3v) is 1.68. The lowest BCUT2D eigenvalue weighted by molar-refractivity contribution is -0.0221. The number of carbonyl (C=O) groups is 1. The van der Waals surface area contributed by atoms with Gasteiger partial charge in [0.2, 0.25) is 0 Å². The second-order valence-electron chi connectivity index (χ2n) is 3.31. The van der Waals surface area contributed by atoms with E-state index in [4.69, 9.17) is 20.5 Å². The Hall–Kier alpha value is -1.54. The van der Waals surface area contributed by atoms with E-state index in [0.717, 1.165) is 5.57 Å². The Kier molecular flexibility index (Phi) is 6.14. The third kappa shape index (κ3) is 6.52. The number of ether oxygens (including phenoxy) is 2. The van der Waals surface area contributed by atoms with Crippen molar-refractivity contribution in [3.63, 3.8) is 0 Å². The fourth-order valence-corrected chi connectivity index (χ4v) is 0.924. The van der Waals surface area contributed by atoms with Crippen molar-refractivity contribution in [3.8, 4) is 6.07 Å². The smallest absolute Gasteiger partial charge is 0.404 e. The number of amides is 1. The highest BCUT2D eigenvalue weighted by Crippen LogP contribution is 2.09. The van der Waals surface area contributed by atoms with Gasteiger partial charge in [-0.15, -0.1) is 0 Å². The maximum Gasteiger partial charge on any atom is 0.404 e. The Balaban J connectivity index is 4.16. The number of rotatable bonds is 6. The molecule has 1 amide bonds. The van der Waals surface area contributed by atoms with Crippen LogP contribution in [0.2, 0.25) is 0 Å². The van der Waals surface area contributed by atoms with Crippen molar-refractivity contribution in [3.05, 3.63) is 12.2 Å². The maximum atomic E-state index is 10.5. The molecule has 5 nitrogen and oxygen atoms in total. The van der Waals surface area contributed by atoms with Crippen LogP contribution in [-0.4, -0.2) is 24.9 Å². The van der Waals surface area contributed by atoms with E-state index in [9.17, 15) is 4.79 Å². The number of nitriles is 1. The minimum absolute atomic E-state index is 0.0559. The van der Waals surface area contributed by atoms with Gasteiger partial charge in [-0.1, -0.05) is 12.2 Å². The van der Waals surface area contributed by atoms with Gasteiger partial charge in [-0.3, -0.25) is 0 Å². The minimum Gasteiger partial charge on any atom is -0.443 e. The van der Waals surface area contributed by atoms with Crippen molar-refractivity contribution in [2.45, 2.75) is 32.5 Å². The van der Waals surface area contributed by atoms with E-state index in [1.165, 1.54) is 0 Å². The summed E-state index contributed by atoms with van der Waals surface area (Å²) in [6, 6.07) is 1.91. The molecule has 0 rings (SSSR count). The molecular formula is C10H16N2O3. The van der Waals surface area contributed by atoms with E-state index in [2.05, 4.69) is 6.58 Å². The average molecular weight is 212 g/mol. The van der Waals surface area contributed by atoms with Gasteiger partial charge in [0.25, 0.3) is 0 Å². The summed E-state index contributed by atoms with van der Waals surface area (Å²) in [6.45, 7) is 7.57. The van der Waals surface area contributed by atoms with Gasteiger partial charge in [0, 0.05) is 0 Å². The molecule has 0 spiro atoms. The SMILES string of the molecule is C=C(C)COC(C)C(CC#N)OC(N)=O. The molecule has 5 heteroatoms. The van der Waals surface area contributed by atoms with Gasteiger partial charge in [-0.05, 0) is 13.8 Å². The van der Waals surface area contributed by atoms with Gasteiger partial charge < -0.3 is 15.2 Å². The predicted octanol–water partition coefficient (Wildman–Crippen LogP) is 1.35. The standard InChI is InChI=1S/C10H16N2O3/c1-7(2)6-14-8(3)9(4-5-11)15-10(12)13/h8-9H,1,4,6H2,2-3H3,(H2,12,13). The predicted molar refractivity (Wildman–Crippen MR) is 54.9 cm³/mol. The molecule has 0 fully saturated rings. The molecule has 0 aromatic rings. The first kappa shape index (κ1) is 13.5. The molecule has 15 heavy (non-hydrogen) atoms. The topological polar surface area (TPSA) is 85.3 Å². The first-order chi connectivity index (χ1) is 6.97. The van der Waals surface area contributed by atoms with Crippen molar-refractivity contribution in [2.75, 3.05) is 6.61 Å². The summed E-state index contributed by atoms with van der Waals surface area (Å²) in [5, 5.41) is 8.52. The summed E-state index contributed by atoms with van der Waals surface area (Å²) in [5.41, 5.74) is 5.73. The Labute approximate surface area is 89.5 Å². The number of hydrogen-bond acceptors (Lipinski definition) is 4. The largest absolute Gasteiger partial charge is 0.443 e. The highest BCUT2D eigenvalue weighted by atomic mass is 16.6. The molecule has 2 N–H and O–H groups in total. The molecule has 0 aliphatic rings. The second kappa shape index (κ2) is 6.85. The van der Waals surface area contributed by atoms with E-state index in [1.807, 2.05) is 13.0 Å². The lowest BCUT2D eigenvalue weighted by atomic mass is 10.2. The molecule has 0 aliphatic heterocycles. The molecule has 0 aromatic carbocycles. The van der Waals surface area contributed by atoms with Crippen LogP contribution in [0.5, 0.6) is 0 Å². The van der Waals surface area contributed by atoms with Gasteiger partial charge in [-0.25, -0.2) is 4.79 Å². The summed E-state index contributed by atoms with van der Waals surface area (Å²) in [5.74, 6) is 0. The van der Waals surface area contributed by atoms with Crippen LogP contribution < -0.4 is 5.73 Å². The van der Waals surface area contributed by atoms with Gasteiger partial charge >= 0.3 is 6.09 Å². The van der Waals surface area contributed by atoms with Gasteiger partial charge in [0.15, 0.2) is 0 Å². The van der Waals surface area contributed by atoms with E-state index < -0.39 is 12.2 Å². The molecule has 0 heterocycles. The van der Waals surface area contributed by atoms with Crippen molar-refractivity contribution in [1.82, 2.24) is 0 Å². The number of carbonyl (C=O) groups excluding carboxylic acids is 1. The number of nitrogens with zero attached hydrogens (tertiary/aromatic N) is 1. The van der Waals surface area contributed by atoms with Gasteiger partial charge in [0.05, 0.1) is 25.2 Å². The first-order valence-corrected chi connectivity index (χ1v) is 4.56. The van der Waals surface area contributed by atoms with E-state index in [-0.39, 0.29) is 12.5 Å². The van der Waals surface area contributed by atoms with Gasteiger partial charge in [-0.2, -0.15) is 5.26 Å². The monoisotopic (exact) mass is 212 g/mol. The van der Waals surface area contributed by atoms with Crippen molar-refractivity contribution < 1.29 is 14.3 Å². The molecule has 84 valence electrons. The molecule has 0 saturated heterocycles. The number of primary amides is 1. The van der Waals surface area contributed by atoms with Crippen LogP contribution in [-0.2, 0) is 9.47 Å². The molecule has 0 aromatic heterocycles. The van der Waals surface area contributed by atoms with Crippen LogP contribution in [0, 0.1) is 11.3 Å². The Bertz CT molecular complexity index is 270. The first-order valence-electron chi connectivity index (χ1n) is 4.56. The molecule has 2 unspecified atom stereocenters. The second-order valence-corrected chi connectivity index (χ2v) is 3.31. The molecule has 0 radical (unpaired) electrons. The zero-order chi connectivity index (χ0) is 11.8. The van der Waals surface area contributed by atoms with E-state index >= 15 is 0 Å². The summed E-state index contributed by atoms with van der Waals surface area (Å²) in [4.78, 5) is 10.5. The highest BCUT2D eigenvalue weighted by Gasteiger charge is 2.20. The van der Waals surface area contributed by atoms with Crippen LogP contribution in [0.15, 0.2) is 12.2 Å². The molecule has 2 atom stereocenters. The average Bonchev–Trinajstić information content (AvgIpc) is 2.12. The van der Waals surface area contributed by atoms with Gasteiger partial charge in [0.1, 0.15) is 6.10 Å². The summed E-state index contributed by atoms with van der Waals surface area (Å²) in [6.07, 6.45) is -1.86. The zero-order valence-electron chi connectivity index (χ0n) is 9.03. The normalized spacial score (nSPS) is 13.7.